The molecule has 1 heterocycles. The molecule has 0 spiro atoms. The highest BCUT2D eigenvalue weighted by molar-refractivity contribution is 5.73. The monoisotopic (exact) mass is 426 g/mol. The largest absolute Gasteiger partial charge is 0.379 e. The van der Waals surface area contributed by atoms with Gasteiger partial charge in [0.15, 0.2) is 0 Å². The Morgan fingerprint density at radius 1 is 0.900 bits per heavy atom. The van der Waals surface area contributed by atoms with Crippen LogP contribution in [0.3, 0.4) is 0 Å². The molecular weight excluding hydrogens is 384 g/mol. The van der Waals surface area contributed by atoms with E-state index >= 15 is 0 Å². The summed E-state index contributed by atoms with van der Waals surface area (Å²) in [7, 11) is 5.38. The summed E-state index contributed by atoms with van der Waals surface area (Å²) in [6.45, 7) is 1.65. The normalized spacial score (nSPS) is 48.6. The van der Waals surface area contributed by atoms with Gasteiger partial charge in [-0.05, 0) is 49.4 Å². The summed E-state index contributed by atoms with van der Waals surface area (Å²) < 4.78 is 17.9. The van der Waals surface area contributed by atoms with Gasteiger partial charge in [-0.25, -0.2) is 5.73 Å². The van der Waals surface area contributed by atoms with Crippen LogP contribution >= 0.6 is 0 Å². The summed E-state index contributed by atoms with van der Waals surface area (Å²) in [6.07, 6.45) is 6.71. The molecule has 3 aliphatic carbocycles. The number of ether oxygens (including phenoxy) is 3. The molecule has 11 unspecified atom stereocenters. The van der Waals surface area contributed by atoms with Crippen molar-refractivity contribution < 1.29 is 29.6 Å². The van der Waals surface area contributed by atoms with Crippen molar-refractivity contribution in [3.63, 3.8) is 0 Å². The standard InChI is InChI=1S/C22H40N4O4/c1-11(27)24-15-7-5-12-9-18(28-2)20(29-3)21(30-4)19(12)13-6-8-16-17(10-14(13)15)26-22(23)25-16/h12-22,25-26H,5-10,23H2,1-4H3,(H,24,27)/p+2. The van der Waals surface area contributed by atoms with Crippen LogP contribution in [-0.2, 0) is 19.0 Å². The molecule has 1 amide bonds. The fraction of sp³-hybridized carbons (Fsp3) is 0.955. The van der Waals surface area contributed by atoms with Gasteiger partial charge in [0, 0.05) is 47.1 Å². The Labute approximate surface area is 180 Å². The molecule has 7 N–H and O–H groups in total. The van der Waals surface area contributed by atoms with Gasteiger partial charge in [-0.3, -0.25) is 15.4 Å². The van der Waals surface area contributed by atoms with Gasteiger partial charge in [0.05, 0.1) is 12.2 Å². The molecule has 0 aromatic heterocycles. The summed E-state index contributed by atoms with van der Waals surface area (Å²) in [5, 5.41) is 8.02. The number of hydrogen-bond acceptors (Lipinski definition) is 5. The third-order valence-electron chi connectivity index (χ3n) is 8.66. The van der Waals surface area contributed by atoms with Crippen LogP contribution in [0.5, 0.6) is 0 Å². The lowest BCUT2D eigenvalue weighted by atomic mass is 9.64. The second kappa shape index (κ2) is 9.38. The lowest BCUT2D eigenvalue weighted by Gasteiger charge is -2.48. The number of methoxy groups -OCH3 is 3. The molecule has 8 nitrogen and oxygen atoms in total. The smallest absolute Gasteiger partial charge is 0.269 e. The first-order valence-corrected chi connectivity index (χ1v) is 11.8. The maximum Gasteiger partial charge on any atom is 0.269 e. The first kappa shape index (κ1) is 22.4. The van der Waals surface area contributed by atoms with Gasteiger partial charge in [-0.15, -0.1) is 0 Å². The quantitative estimate of drug-likeness (QED) is 0.437. The van der Waals surface area contributed by atoms with Gasteiger partial charge in [0.2, 0.25) is 5.91 Å². The van der Waals surface area contributed by atoms with Crippen LogP contribution in [-0.4, -0.2) is 70.0 Å². The van der Waals surface area contributed by atoms with Crippen molar-refractivity contribution in [2.45, 2.75) is 88.2 Å². The molecule has 30 heavy (non-hydrogen) atoms. The van der Waals surface area contributed by atoms with Crippen LogP contribution in [0.2, 0.25) is 0 Å². The van der Waals surface area contributed by atoms with Crippen LogP contribution in [0, 0.1) is 23.7 Å². The molecule has 172 valence electrons. The Balaban J connectivity index is 1.68. The van der Waals surface area contributed by atoms with E-state index in [4.69, 9.17) is 19.9 Å². The van der Waals surface area contributed by atoms with Crippen LogP contribution in [0.1, 0.15) is 45.4 Å². The van der Waals surface area contributed by atoms with Crippen molar-refractivity contribution in [1.29, 1.82) is 0 Å². The van der Waals surface area contributed by atoms with E-state index in [1.54, 1.807) is 21.1 Å². The SMILES string of the molecule is COC1CC2CCC(NC(C)=O)C3CC4[NH2+]C(N)[NH2+]C4CCC3C2C(OC)C1OC. The first-order chi connectivity index (χ1) is 14.5. The van der Waals surface area contributed by atoms with Gasteiger partial charge in [-0.2, -0.15) is 0 Å². The third kappa shape index (κ3) is 4.14. The number of quaternary nitrogens is 2. The minimum absolute atomic E-state index is 0.0236. The summed E-state index contributed by atoms with van der Waals surface area (Å²) in [5.41, 5.74) is 6.25. The number of amides is 1. The highest BCUT2D eigenvalue weighted by Crippen LogP contribution is 2.50. The summed E-state index contributed by atoms with van der Waals surface area (Å²) in [4.78, 5) is 12.1. The molecular formula is C22H42N4O4+2. The minimum Gasteiger partial charge on any atom is -0.379 e. The Morgan fingerprint density at radius 3 is 2.30 bits per heavy atom. The number of carbonyl (C=O) groups is 1. The van der Waals surface area contributed by atoms with Gasteiger partial charge < -0.3 is 19.5 Å². The predicted molar refractivity (Wildman–Crippen MR) is 111 cm³/mol. The highest BCUT2D eigenvalue weighted by atomic mass is 16.6. The Bertz CT molecular complexity index is 608. The minimum atomic E-state index is -0.0477. The molecule has 0 bridgehead atoms. The van der Waals surface area contributed by atoms with E-state index in [2.05, 4.69) is 16.0 Å². The van der Waals surface area contributed by atoms with Crippen molar-refractivity contribution in [2.24, 2.45) is 29.4 Å². The van der Waals surface area contributed by atoms with Gasteiger partial charge >= 0.3 is 0 Å². The van der Waals surface area contributed by atoms with Crippen molar-refractivity contribution >= 4 is 5.91 Å². The molecule has 8 heteroatoms. The van der Waals surface area contributed by atoms with E-state index in [1.807, 2.05) is 7.11 Å². The zero-order valence-electron chi connectivity index (χ0n) is 19.0. The average molecular weight is 427 g/mol. The van der Waals surface area contributed by atoms with Crippen LogP contribution < -0.4 is 21.7 Å². The van der Waals surface area contributed by atoms with Crippen LogP contribution in [0.15, 0.2) is 0 Å². The highest BCUT2D eigenvalue weighted by Gasteiger charge is 2.55. The average Bonchev–Trinajstić information content (AvgIpc) is 2.90. The van der Waals surface area contributed by atoms with E-state index in [0.717, 1.165) is 32.1 Å². The number of fused-ring (bicyclic) bond motifs is 4. The van der Waals surface area contributed by atoms with E-state index in [1.165, 1.54) is 6.42 Å². The second-order valence-corrected chi connectivity index (χ2v) is 10.1. The molecule has 0 aromatic carbocycles. The third-order valence-corrected chi connectivity index (χ3v) is 8.66. The van der Waals surface area contributed by atoms with Gasteiger partial charge in [0.1, 0.15) is 18.2 Å². The number of rotatable bonds is 4. The molecule has 4 rings (SSSR count). The fourth-order valence-electron chi connectivity index (χ4n) is 7.56. The van der Waals surface area contributed by atoms with Crippen molar-refractivity contribution in [3.8, 4) is 0 Å². The molecule has 1 aliphatic heterocycles. The number of nitrogens with two attached hydrogens (primary N) is 3. The molecule has 3 saturated carbocycles. The number of carbonyl (C=O) groups excluding carboxylic acids is 1. The molecule has 4 aliphatic rings. The summed E-state index contributed by atoms with van der Waals surface area (Å²) in [6, 6.07) is 1.32. The van der Waals surface area contributed by atoms with E-state index in [-0.39, 0.29) is 36.6 Å². The zero-order chi connectivity index (χ0) is 21.4. The van der Waals surface area contributed by atoms with Crippen LogP contribution in [0.25, 0.3) is 0 Å². The topological polar surface area (TPSA) is 116 Å². The Kier molecular flexibility index (Phi) is 7.01. The summed E-state index contributed by atoms with van der Waals surface area (Å²) >= 11 is 0. The molecule has 11 atom stereocenters. The maximum absolute atomic E-state index is 12.1. The van der Waals surface area contributed by atoms with E-state index < -0.39 is 0 Å². The fourth-order valence-corrected chi connectivity index (χ4v) is 7.56. The maximum atomic E-state index is 12.1. The Morgan fingerprint density at radius 2 is 1.63 bits per heavy atom. The molecule has 1 saturated heterocycles. The van der Waals surface area contributed by atoms with Crippen molar-refractivity contribution in [2.75, 3.05) is 21.3 Å². The zero-order valence-corrected chi connectivity index (χ0v) is 19.0. The lowest BCUT2D eigenvalue weighted by Crippen LogP contribution is -3.07. The predicted octanol–water partition coefficient (Wildman–Crippen LogP) is -1.50. The van der Waals surface area contributed by atoms with Crippen LogP contribution in [0.4, 0.5) is 0 Å². The molecule has 0 aromatic rings. The first-order valence-electron chi connectivity index (χ1n) is 11.8. The number of hydrogen-bond donors (Lipinski definition) is 4. The summed E-state index contributed by atoms with van der Waals surface area (Å²) in [5.74, 6) is 2.01. The molecule has 0 radical (unpaired) electrons. The van der Waals surface area contributed by atoms with Crippen molar-refractivity contribution in [1.82, 2.24) is 5.32 Å². The second-order valence-electron chi connectivity index (χ2n) is 10.1. The van der Waals surface area contributed by atoms with E-state index in [9.17, 15) is 4.79 Å². The Hall–Kier alpha value is -0.770. The van der Waals surface area contributed by atoms with E-state index in [0.29, 0.717) is 35.8 Å². The van der Waals surface area contributed by atoms with Gasteiger partial charge in [-0.1, -0.05) is 0 Å². The van der Waals surface area contributed by atoms with Gasteiger partial charge in [0.25, 0.3) is 6.29 Å². The number of nitrogens with one attached hydrogen (secondary N) is 1. The molecule has 4 fully saturated rings. The van der Waals surface area contributed by atoms with Crippen molar-refractivity contribution in [3.05, 3.63) is 0 Å². The lowest BCUT2D eigenvalue weighted by molar-refractivity contribution is -0.848.